The fourth-order valence-electron chi connectivity index (χ4n) is 0.830. The normalized spacial score (nSPS) is 11.9. The second-order valence-electron chi connectivity index (χ2n) is 2.78. The predicted octanol–water partition coefficient (Wildman–Crippen LogP) is 1.45. The number of likely N-dealkylation sites (N-methyl/N-ethyl adjacent to an activating group) is 1. The van der Waals surface area contributed by atoms with Crippen molar-refractivity contribution in [2.45, 2.75) is 12.8 Å². The smallest absolute Gasteiger partial charge is 0.212 e. The lowest BCUT2D eigenvalue weighted by atomic mass is 10.4. The molecule has 78 valence electrons. The first kappa shape index (κ1) is 12.9. The molecule has 0 saturated carbocycles. The van der Waals surface area contributed by atoms with Crippen LogP contribution in [-0.2, 0) is 10.0 Å². The Kier molecular flexibility index (Phi) is 6.37. The molecule has 0 fully saturated rings. The molecule has 0 aliphatic heterocycles. The molecule has 0 aromatic carbocycles. The van der Waals surface area contributed by atoms with Gasteiger partial charge in [-0.05, 0) is 12.8 Å². The number of unbranched alkanes of at least 4 members (excludes halogenated alkanes) is 1. The summed E-state index contributed by atoms with van der Waals surface area (Å²) in [5, 5.41) is 0. The van der Waals surface area contributed by atoms with Gasteiger partial charge < -0.3 is 0 Å². The van der Waals surface area contributed by atoms with Crippen molar-refractivity contribution in [2.75, 3.05) is 25.2 Å². The number of hydrogen-bond acceptors (Lipinski definition) is 2. The van der Waals surface area contributed by atoms with E-state index < -0.39 is 10.0 Å². The highest BCUT2D eigenvalue weighted by atomic mass is 35.5. The van der Waals surface area contributed by atoms with Crippen LogP contribution >= 0.6 is 11.6 Å². The summed E-state index contributed by atoms with van der Waals surface area (Å²) in [6.07, 6.45) is 2.93. The topological polar surface area (TPSA) is 37.4 Å². The van der Waals surface area contributed by atoms with E-state index in [1.54, 1.807) is 13.1 Å². The van der Waals surface area contributed by atoms with E-state index in [0.717, 1.165) is 6.42 Å². The maximum Gasteiger partial charge on any atom is 0.214 e. The highest BCUT2D eigenvalue weighted by Gasteiger charge is 2.15. The van der Waals surface area contributed by atoms with Gasteiger partial charge in [-0.15, -0.1) is 18.2 Å². The van der Waals surface area contributed by atoms with Gasteiger partial charge in [-0.3, -0.25) is 0 Å². The van der Waals surface area contributed by atoms with Crippen molar-refractivity contribution < 1.29 is 8.42 Å². The molecule has 0 radical (unpaired) electrons. The van der Waals surface area contributed by atoms with E-state index in [1.165, 1.54) is 4.31 Å². The van der Waals surface area contributed by atoms with Crippen LogP contribution in [0, 0.1) is 0 Å². The Morgan fingerprint density at radius 1 is 1.46 bits per heavy atom. The molecule has 0 spiro atoms. The van der Waals surface area contributed by atoms with Gasteiger partial charge in [0.15, 0.2) is 0 Å². The fourth-order valence-corrected chi connectivity index (χ4v) is 2.23. The van der Waals surface area contributed by atoms with Crippen LogP contribution in [0.3, 0.4) is 0 Å². The van der Waals surface area contributed by atoms with Crippen molar-refractivity contribution in [1.29, 1.82) is 0 Å². The van der Waals surface area contributed by atoms with Crippen molar-refractivity contribution in [3.8, 4) is 0 Å². The molecule has 0 aromatic rings. The average molecular weight is 226 g/mol. The van der Waals surface area contributed by atoms with E-state index in [2.05, 4.69) is 6.58 Å². The highest BCUT2D eigenvalue weighted by Crippen LogP contribution is 2.02. The highest BCUT2D eigenvalue weighted by molar-refractivity contribution is 7.89. The van der Waals surface area contributed by atoms with E-state index in [1.807, 2.05) is 0 Å². The summed E-state index contributed by atoms with van der Waals surface area (Å²) in [4.78, 5) is 0. The van der Waals surface area contributed by atoms with E-state index >= 15 is 0 Å². The zero-order valence-corrected chi connectivity index (χ0v) is 9.44. The first-order valence-electron chi connectivity index (χ1n) is 4.15. The number of rotatable bonds is 7. The van der Waals surface area contributed by atoms with E-state index in [4.69, 9.17) is 11.6 Å². The van der Waals surface area contributed by atoms with Gasteiger partial charge in [0.1, 0.15) is 0 Å². The van der Waals surface area contributed by atoms with Crippen LogP contribution in [0.2, 0.25) is 0 Å². The maximum atomic E-state index is 11.4. The molecular formula is C8H16ClNO2S. The Labute approximate surface area is 85.4 Å². The molecule has 3 nitrogen and oxygen atoms in total. The molecule has 0 bridgehead atoms. The maximum absolute atomic E-state index is 11.4. The molecule has 0 amide bonds. The molecule has 0 aliphatic rings. The minimum Gasteiger partial charge on any atom is -0.212 e. The van der Waals surface area contributed by atoms with Crippen molar-refractivity contribution in [3.63, 3.8) is 0 Å². The minimum atomic E-state index is -3.09. The largest absolute Gasteiger partial charge is 0.214 e. The number of hydrogen-bond donors (Lipinski definition) is 0. The molecule has 0 rings (SSSR count). The molecule has 0 N–H and O–H groups in total. The van der Waals surface area contributed by atoms with Crippen molar-refractivity contribution in [1.82, 2.24) is 4.31 Å². The Balaban J connectivity index is 3.99. The van der Waals surface area contributed by atoms with Gasteiger partial charge in [-0.2, -0.15) is 0 Å². The summed E-state index contributed by atoms with van der Waals surface area (Å²) in [6, 6.07) is 0. The third kappa shape index (κ3) is 5.29. The molecule has 0 aromatic heterocycles. The predicted molar refractivity (Wildman–Crippen MR) is 56.6 cm³/mol. The summed E-state index contributed by atoms with van der Waals surface area (Å²) in [6.45, 7) is 3.85. The van der Waals surface area contributed by atoms with Crippen LogP contribution in [0.4, 0.5) is 0 Å². The number of alkyl halides is 1. The average Bonchev–Trinajstić information content (AvgIpc) is 2.05. The Bertz CT molecular complexity index is 239. The fraction of sp³-hybridized carbons (Fsp3) is 0.750. The summed E-state index contributed by atoms with van der Waals surface area (Å²) >= 11 is 5.45. The van der Waals surface area contributed by atoms with Gasteiger partial charge in [-0.1, -0.05) is 6.08 Å². The number of sulfonamides is 1. The number of halogens is 1. The Morgan fingerprint density at radius 2 is 2.08 bits per heavy atom. The molecule has 0 unspecified atom stereocenters. The standard InChI is InChI=1S/C8H16ClNO2S/c1-3-7-10(2)13(11,12)8-5-4-6-9/h3H,1,4-8H2,2H3. The third-order valence-electron chi connectivity index (χ3n) is 1.65. The Hall–Kier alpha value is -0.0600. The lowest BCUT2D eigenvalue weighted by molar-refractivity contribution is 0.497. The molecule has 0 aliphatic carbocycles. The summed E-state index contributed by atoms with van der Waals surface area (Å²) < 4.78 is 24.2. The van der Waals surface area contributed by atoms with E-state index in [9.17, 15) is 8.42 Å². The second kappa shape index (κ2) is 6.40. The first-order valence-corrected chi connectivity index (χ1v) is 6.30. The van der Waals surface area contributed by atoms with Gasteiger partial charge in [-0.25, -0.2) is 12.7 Å². The van der Waals surface area contributed by atoms with Crippen molar-refractivity contribution in [2.24, 2.45) is 0 Å². The van der Waals surface area contributed by atoms with Gasteiger partial charge in [0.25, 0.3) is 0 Å². The second-order valence-corrected chi connectivity index (χ2v) is 5.35. The molecule has 0 atom stereocenters. The van der Waals surface area contributed by atoms with Crippen molar-refractivity contribution >= 4 is 21.6 Å². The van der Waals surface area contributed by atoms with Gasteiger partial charge >= 0.3 is 0 Å². The minimum absolute atomic E-state index is 0.171. The third-order valence-corrected chi connectivity index (χ3v) is 3.82. The van der Waals surface area contributed by atoms with Gasteiger partial charge in [0.05, 0.1) is 5.75 Å². The van der Waals surface area contributed by atoms with Crippen LogP contribution in [0.25, 0.3) is 0 Å². The zero-order chi connectivity index (χ0) is 10.3. The van der Waals surface area contributed by atoms with Crippen LogP contribution < -0.4 is 0 Å². The van der Waals surface area contributed by atoms with Crippen LogP contribution in [-0.4, -0.2) is 37.9 Å². The van der Waals surface area contributed by atoms with E-state index in [-0.39, 0.29) is 5.75 Å². The van der Waals surface area contributed by atoms with Crippen LogP contribution in [0.5, 0.6) is 0 Å². The monoisotopic (exact) mass is 225 g/mol. The lowest BCUT2D eigenvalue weighted by Gasteiger charge is -2.14. The van der Waals surface area contributed by atoms with Crippen LogP contribution in [0.15, 0.2) is 12.7 Å². The summed E-state index contributed by atoms with van der Waals surface area (Å²) in [5.74, 6) is 0.685. The number of nitrogens with zero attached hydrogens (tertiary/aromatic N) is 1. The van der Waals surface area contributed by atoms with Gasteiger partial charge in [0.2, 0.25) is 10.0 Å². The summed E-state index contributed by atoms with van der Waals surface area (Å²) in [7, 11) is -1.54. The SMILES string of the molecule is C=CCN(C)S(=O)(=O)CCCCCl. The zero-order valence-electron chi connectivity index (χ0n) is 7.87. The Morgan fingerprint density at radius 3 is 2.54 bits per heavy atom. The quantitative estimate of drug-likeness (QED) is 0.374. The van der Waals surface area contributed by atoms with E-state index in [0.29, 0.717) is 18.8 Å². The molecule has 0 saturated heterocycles. The molecule has 13 heavy (non-hydrogen) atoms. The summed E-state index contributed by atoms with van der Waals surface area (Å²) in [5.41, 5.74) is 0. The molecule has 5 heteroatoms. The van der Waals surface area contributed by atoms with Crippen LogP contribution in [0.1, 0.15) is 12.8 Å². The van der Waals surface area contributed by atoms with Crippen molar-refractivity contribution in [3.05, 3.63) is 12.7 Å². The molecular weight excluding hydrogens is 210 g/mol. The van der Waals surface area contributed by atoms with Gasteiger partial charge in [0, 0.05) is 19.5 Å². The first-order chi connectivity index (χ1) is 6.04. The lowest BCUT2D eigenvalue weighted by Crippen LogP contribution is -2.29. The molecule has 0 heterocycles.